The number of aromatic nitrogens is 4. The highest BCUT2D eigenvalue weighted by Crippen LogP contribution is 2.27. The molecule has 0 spiro atoms. The monoisotopic (exact) mass is 392 g/mol. The molecule has 0 unspecified atom stereocenters. The van der Waals surface area contributed by atoms with Crippen molar-refractivity contribution in [3.63, 3.8) is 0 Å². The fraction of sp³-hybridized carbons (Fsp3) is 0.190. The van der Waals surface area contributed by atoms with Gasteiger partial charge in [0, 0.05) is 23.9 Å². The zero-order valence-corrected chi connectivity index (χ0v) is 16.3. The number of thioether (sulfide) groups is 1. The minimum Gasteiger partial charge on any atom is -0.497 e. The second-order valence-corrected chi connectivity index (χ2v) is 7.14. The number of hydrogen-bond donors (Lipinski definition) is 0. The Hall–Kier alpha value is -3.06. The number of hydrogen-bond acceptors (Lipinski definition) is 6. The predicted octanol–water partition coefficient (Wildman–Crippen LogP) is 4.48. The average molecular weight is 392 g/mol. The van der Waals surface area contributed by atoms with Gasteiger partial charge in [0.25, 0.3) is 0 Å². The van der Waals surface area contributed by atoms with Crippen LogP contribution in [0.4, 0.5) is 0 Å². The topological polar surface area (TPSA) is 66.0 Å². The molecule has 0 aliphatic carbocycles. The van der Waals surface area contributed by atoms with E-state index in [4.69, 9.17) is 9.26 Å². The van der Waals surface area contributed by atoms with E-state index in [2.05, 4.69) is 44.2 Å². The van der Waals surface area contributed by atoms with Crippen LogP contribution in [0, 0.1) is 0 Å². The van der Waals surface area contributed by atoms with Gasteiger partial charge in [-0.05, 0) is 36.2 Å². The summed E-state index contributed by atoms with van der Waals surface area (Å²) >= 11 is 1.61. The molecule has 2 heterocycles. The molecule has 7 heteroatoms. The normalized spacial score (nSPS) is 10.9. The molecule has 0 bridgehead atoms. The largest absolute Gasteiger partial charge is 0.497 e. The van der Waals surface area contributed by atoms with Gasteiger partial charge >= 0.3 is 0 Å². The fourth-order valence-corrected chi connectivity index (χ4v) is 3.74. The Labute approximate surface area is 167 Å². The lowest BCUT2D eigenvalue weighted by Crippen LogP contribution is -2.05. The molecule has 0 aliphatic rings. The molecule has 0 amide bonds. The molecule has 142 valence electrons. The van der Waals surface area contributed by atoms with Gasteiger partial charge in [0.1, 0.15) is 12.0 Å². The Morgan fingerprint density at radius 1 is 1.00 bits per heavy atom. The van der Waals surface area contributed by atoms with Crippen molar-refractivity contribution in [3.05, 3.63) is 78.2 Å². The van der Waals surface area contributed by atoms with Gasteiger partial charge in [-0.2, -0.15) is 0 Å². The van der Waals surface area contributed by atoms with Crippen molar-refractivity contribution in [2.24, 2.45) is 0 Å². The SMILES string of the molecule is COc1ccc(-c2nnc(SCc3ccon3)n2CCc2ccccc2)cc1. The summed E-state index contributed by atoms with van der Waals surface area (Å²) in [5.74, 6) is 2.35. The van der Waals surface area contributed by atoms with Crippen LogP contribution in [0.25, 0.3) is 11.4 Å². The Morgan fingerprint density at radius 3 is 2.54 bits per heavy atom. The Kier molecular flexibility index (Phi) is 5.72. The van der Waals surface area contributed by atoms with Crippen LogP contribution in [0.15, 0.2) is 76.6 Å². The smallest absolute Gasteiger partial charge is 0.191 e. The third-order valence-corrected chi connectivity index (χ3v) is 5.37. The van der Waals surface area contributed by atoms with E-state index in [0.29, 0.717) is 5.75 Å². The van der Waals surface area contributed by atoms with Gasteiger partial charge in [-0.3, -0.25) is 0 Å². The summed E-state index contributed by atoms with van der Waals surface area (Å²) in [7, 11) is 1.66. The zero-order valence-electron chi connectivity index (χ0n) is 15.5. The number of aryl methyl sites for hydroxylation is 1. The molecule has 0 fully saturated rings. The van der Waals surface area contributed by atoms with Crippen LogP contribution in [0.1, 0.15) is 11.3 Å². The van der Waals surface area contributed by atoms with Crippen molar-refractivity contribution in [3.8, 4) is 17.1 Å². The number of methoxy groups -OCH3 is 1. The summed E-state index contributed by atoms with van der Waals surface area (Å²) in [5.41, 5.74) is 3.17. The lowest BCUT2D eigenvalue weighted by molar-refractivity contribution is 0.414. The second-order valence-electron chi connectivity index (χ2n) is 6.20. The third kappa shape index (κ3) is 4.26. The molecule has 0 saturated carbocycles. The Bertz CT molecular complexity index is 999. The van der Waals surface area contributed by atoms with Crippen LogP contribution in [0.3, 0.4) is 0 Å². The van der Waals surface area contributed by atoms with Gasteiger partial charge in [-0.1, -0.05) is 47.3 Å². The van der Waals surface area contributed by atoms with Crippen LogP contribution in [-0.2, 0) is 18.7 Å². The summed E-state index contributed by atoms with van der Waals surface area (Å²) in [5, 5.41) is 13.7. The average Bonchev–Trinajstić information content (AvgIpc) is 3.41. The van der Waals surface area contributed by atoms with Crippen molar-refractivity contribution in [2.75, 3.05) is 7.11 Å². The van der Waals surface area contributed by atoms with E-state index in [1.807, 2.05) is 36.4 Å². The molecular formula is C21H20N4O2S. The summed E-state index contributed by atoms with van der Waals surface area (Å²) in [6.07, 6.45) is 2.48. The molecule has 6 nitrogen and oxygen atoms in total. The summed E-state index contributed by atoms with van der Waals surface area (Å²) in [4.78, 5) is 0. The van der Waals surface area contributed by atoms with E-state index in [1.165, 1.54) is 5.56 Å². The first kappa shape index (κ1) is 18.3. The van der Waals surface area contributed by atoms with E-state index < -0.39 is 0 Å². The van der Waals surface area contributed by atoms with E-state index in [0.717, 1.165) is 41.0 Å². The number of benzene rings is 2. The van der Waals surface area contributed by atoms with E-state index in [1.54, 1.807) is 25.1 Å². The number of rotatable bonds is 8. The molecule has 2 aromatic carbocycles. The van der Waals surface area contributed by atoms with Gasteiger partial charge in [-0.15, -0.1) is 10.2 Å². The lowest BCUT2D eigenvalue weighted by atomic mass is 10.1. The third-order valence-electron chi connectivity index (χ3n) is 4.37. The summed E-state index contributed by atoms with van der Waals surface area (Å²) in [6.45, 7) is 0.791. The zero-order chi connectivity index (χ0) is 19.2. The van der Waals surface area contributed by atoms with E-state index >= 15 is 0 Å². The maximum Gasteiger partial charge on any atom is 0.191 e. The molecule has 0 aliphatic heterocycles. The molecule has 0 radical (unpaired) electrons. The maximum atomic E-state index is 5.26. The molecule has 0 saturated heterocycles. The van der Waals surface area contributed by atoms with E-state index in [9.17, 15) is 0 Å². The van der Waals surface area contributed by atoms with Crippen molar-refractivity contribution >= 4 is 11.8 Å². The van der Waals surface area contributed by atoms with Crippen molar-refractivity contribution < 1.29 is 9.26 Å². The molecule has 0 N–H and O–H groups in total. The summed E-state index contributed by atoms with van der Waals surface area (Å²) in [6, 6.07) is 20.2. The van der Waals surface area contributed by atoms with E-state index in [-0.39, 0.29) is 0 Å². The number of nitrogens with zero attached hydrogens (tertiary/aromatic N) is 4. The highest BCUT2D eigenvalue weighted by molar-refractivity contribution is 7.98. The quantitative estimate of drug-likeness (QED) is 0.412. The predicted molar refractivity (Wildman–Crippen MR) is 108 cm³/mol. The summed E-state index contributed by atoms with van der Waals surface area (Å²) < 4.78 is 12.3. The standard InChI is InChI=1S/C21H20N4O2S/c1-26-19-9-7-17(8-10-19)20-22-23-21(28-15-18-12-14-27-24-18)25(20)13-11-16-5-3-2-4-6-16/h2-10,12,14H,11,13,15H2,1H3. The minimum absolute atomic E-state index is 0.683. The molecule has 0 atom stereocenters. The van der Waals surface area contributed by atoms with Crippen LogP contribution in [0.5, 0.6) is 5.75 Å². The molecule has 4 aromatic rings. The Balaban J connectivity index is 1.60. The van der Waals surface area contributed by atoms with Gasteiger partial charge in [0.05, 0.1) is 12.8 Å². The van der Waals surface area contributed by atoms with Gasteiger partial charge in [-0.25, -0.2) is 0 Å². The van der Waals surface area contributed by atoms with Crippen LogP contribution in [-0.4, -0.2) is 27.0 Å². The van der Waals surface area contributed by atoms with Gasteiger partial charge < -0.3 is 13.8 Å². The Morgan fingerprint density at radius 2 is 1.82 bits per heavy atom. The lowest BCUT2D eigenvalue weighted by Gasteiger charge is -2.10. The highest BCUT2D eigenvalue weighted by Gasteiger charge is 2.15. The molecule has 28 heavy (non-hydrogen) atoms. The van der Waals surface area contributed by atoms with Gasteiger partial charge in [0.2, 0.25) is 0 Å². The van der Waals surface area contributed by atoms with Crippen molar-refractivity contribution in [2.45, 2.75) is 23.9 Å². The van der Waals surface area contributed by atoms with Crippen molar-refractivity contribution in [1.82, 2.24) is 19.9 Å². The van der Waals surface area contributed by atoms with Crippen LogP contribution in [0.2, 0.25) is 0 Å². The fourth-order valence-electron chi connectivity index (χ4n) is 2.89. The highest BCUT2D eigenvalue weighted by atomic mass is 32.2. The minimum atomic E-state index is 0.683. The molecule has 2 aromatic heterocycles. The van der Waals surface area contributed by atoms with Gasteiger partial charge in [0.15, 0.2) is 11.0 Å². The first-order valence-electron chi connectivity index (χ1n) is 8.97. The second kappa shape index (κ2) is 8.75. The molecule has 4 rings (SSSR count). The molecular weight excluding hydrogens is 372 g/mol. The van der Waals surface area contributed by atoms with Crippen LogP contribution >= 0.6 is 11.8 Å². The maximum absolute atomic E-state index is 5.26. The van der Waals surface area contributed by atoms with Crippen molar-refractivity contribution in [1.29, 1.82) is 0 Å². The first-order valence-corrected chi connectivity index (χ1v) is 9.95. The first-order chi connectivity index (χ1) is 13.8. The van der Waals surface area contributed by atoms with Crippen LogP contribution < -0.4 is 4.74 Å². The number of ether oxygens (including phenoxy) is 1.